The van der Waals surface area contributed by atoms with E-state index >= 15 is 0 Å². The lowest BCUT2D eigenvalue weighted by molar-refractivity contribution is 0.102. The number of benzene rings is 1. The molecule has 1 amide bonds. The number of nitrogens with one attached hydrogen (secondary N) is 1. The molecule has 0 atom stereocenters. The molecule has 0 saturated carbocycles. The van der Waals surface area contributed by atoms with Crippen LogP contribution in [0.4, 0.5) is 5.69 Å². The third kappa shape index (κ3) is 3.09. The molecule has 0 aliphatic rings. The van der Waals surface area contributed by atoms with Gasteiger partial charge in [-0.25, -0.2) is 0 Å². The van der Waals surface area contributed by atoms with Crippen molar-refractivity contribution in [2.24, 2.45) is 0 Å². The highest BCUT2D eigenvalue weighted by Gasteiger charge is 2.07. The van der Waals surface area contributed by atoms with Crippen LogP contribution in [-0.2, 0) is 0 Å². The second-order valence-corrected chi connectivity index (χ2v) is 5.03. The second kappa shape index (κ2) is 5.50. The molecular formula is C13H10BrClN2O. The van der Waals surface area contributed by atoms with Crippen molar-refractivity contribution in [3.63, 3.8) is 0 Å². The molecule has 1 aromatic carbocycles. The fourth-order valence-electron chi connectivity index (χ4n) is 1.46. The van der Waals surface area contributed by atoms with Crippen molar-refractivity contribution in [1.29, 1.82) is 0 Å². The van der Waals surface area contributed by atoms with Crippen LogP contribution in [0.1, 0.15) is 16.1 Å². The smallest absolute Gasteiger partial charge is 0.255 e. The zero-order valence-corrected chi connectivity index (χ0v) is 11.9. The standard InChI is InChI=1S/C13H10BrClN2O/c1-8-6-9(4-5-16-8)13(18)17-10-2-3-11(14)12(15)7-10/h2-7H,1H3,(H,17,18). The molecule has 1 heterocycles. The molecule has 2 aromatic rings. The maximum absolute atomic E-state index is 12.0. The summed E-state index contributed by atoms with van der Waals surface area (Å²) in [7, 11) is 0. The van der Waals surface area contributed by atoms with Gasteiger partial charge in [-0.15, -0.1) is 0 Å². The van der Waals surface area contributed by atoms with Crippen LogP contribution in [0, 0.1) is 6.92 Å². The molecule has 2 rings (SSSR count). The fourth-order valence-corrected chi connectivity index (χ4v) is 1.89. The number of amides is 1. The normalized spacial score (nSPS) is 10.2. The predicted molar refractivity (Wildman–Crippen MR) is 76.1 cm³/mol. The number of nitrogens with zero attached hydrogens (tertiary/aromatic N) is 1. The Morgan fingerprint density at radius 3 is 2.78 bits per heavy atom. The minimum absolute atomic E-state index is 0.182. The maximum atomic E-state index is 12.0. The highest BCUT2D eigenvalue weighted by atomic mass is 79.9. The quantitative estimate of drug-likeness (QED) is 0.905. The Hall–Kier alpha value is -1.39. The van der Waals surface area contributed by atoms with Crippen LogP contribution in [0.25, 0.3) is 0 Å². The number of anilines is 1. The monoisotopic (exact) mass is 324 g/mol. The molecule has 1 N–H and O–H groups in total. The molecule has 0 spiro atoms. The molecule has 0 unspecified atom stereocenters. The summed E-state index contributed by atoms with van der Waals surface area (Å²) in [4.78, 5) is 16.0. The molecule has 0 saturated heterocycles. The van der Waals surface area contributed by atoms with E-state index in [2.05, 4.69) is 26.2 Å². The summed E-state index contributed by atoms with van der Waals surface area (Å²) in [5.74, 6) is -0.182. The minimum atomic E-state index is -0.182. The largest absolute Gasteiger partial charge is 0.322 e. The van der Waals surface area contributed by atoms with Crippen molar-refractivity contribution in [3.05, 3.63) is 57.3 Å². The summed E-state index contributed by atoms with van der Waals surface area (Å²) >= 11 is 9.26. The Labute approximate surface area is 118 Å². The summed E-state index contributed by atoms with van der Waals surface area (Å²) in [6.07, 6.45) is 1.61. The van der Waals surface area contributed by atoms with E-state index in [9.17, 15) is 4.79 Å². The van der Waals surface area contributed by atoms with Gasteiger partial charge in [0.05, 0.1) is 5.02 Å². The summed E-state index contributed by atoms with van der Waals surface area (Å²) in [6, 6.07) is 8.66. The summed E-state index contributed by atoms with van der Waals surface area (Å²) in [5.41, 5.74) is 2.03. The lowest BCUT2D eigenvalue weighted by Gasteiger charge is -2.06. The van der Waals surface area contributed by atoms with Crippen molar-refractivity contribution in [1.82, 2.24) is 4.98 Å². The number of carbonyl (C=O) groups excluding carboxylic acids is 1. The van der Waals surface area contributed by atoms with Gasteiger partial charge >= 0.3 is 0 Å². The molecule has 0 bridgehead atoms. The van der Waals surface area contributed by atoms with Crippen molar-refractivity contribution >= 4 is 39.1 Å². The SMILES string of the molecule is Cc1cc(C(=O)Nc2ccc(Br)c(Cl)c2)ccn1. The molecule has 18 heavy (non-hydrogen) atoms. The Balaban J connectivity index is 2.18. The van der Waals surface area contributed by atoms with Crippen LogP contribution < -0.4 is 5.32 Å². The number of aromatic nitrogens is 1. The Morgan fingerprint density at radius 2 is 2.11 bits per heavy atom. The fraction of sp³-hybridized carbons (Fsp3) is 0.0769. The molecule has 0 aliphatic heterocycles. The molecule has 0 aliphatic carbocycles. The first-order valence-corrected chi connectivity index (χ1v) is 6.42. The first kappa shape index (κ1) is 13.1. The Bertz CT molecular complexity index is 601. The third-order valence-electron chi connectivity index (χ3n) is 2.34. The van der Waals surface area contributed by atoms with E-state index in [0.717, 1.165) is 10.2 Å². The number of pyridine rings is 1. The average Bonchev–Trinajstić information content (AvgIpc) is 2.34. The number of carbonyl (C=O) groups is 1. The van der Waals surface area contributed by atoms with Crippen molar-refractivity contribution in [2.45, 2.75) is 6.92 Å². The van der Waals surface area contributed by atoms with Gasteiger partial charge in [-0.2, -0.15) is 0 Å². The van der Waals surface area contributed by atoms with E-state index in [1.165, 1.54) is 0 Å². The average molecular weight is 326 g/mol. The van der Waals surface area contributed by atoms with E-state index < -0.39 is 0 Å². The Kier molecular flexibility index (Phi) is 3.99. The number of hydrogen-bond donors (Lipinski definition) is 1. The molecular weight excluding hydrogens is 316 g/mol. The minimum Gasteiger partial charge on any atom is -0.322 e. The molecule has 1 aromatic heterocycles. The van der Waals surface area contributed by atoms with Gasteiger partial charge in [0.15, 0.2) is 0 Å². The van der Waals surface area contributed by atoms with E-state index in [0.29, 0.717) is 16.3 Å². The number of aryl methyl sites for hydroxylation is 1. The molecule has 0 fully saturated rings. The van der Waals surface area contributed by atoms with Gasteiger partial charge in [0, 0.05) is 27.6 Å². The molecule has 5 heteroatoms. The van der Waals surface area contributed by atoms with Gasteiger partial charge in [-0.05, 0) is 53.2 Å². The van der Waals surface area contributed by atoms with Crippen LogP contribution in [0.5, 0.6) is 0 Å². The Morgan fingerprint density at radius 1 is 1.33 bits per heavy atom. The first-order chi connectivity index (χ1) is 8.56. The van der Waals surface area contributed by atoms with Crippen LogP contribution in [-0.4, -0.2) is 10.9 Å². The van der Waals surface area contributed by atoms with Crippen LogP contribution in [0.3, 0.4) is 0 Å². The third-order valence-corrected chi connectivity index (χ3v) is 3.57. The van der Waals surface area contributed by atoms with Gasteiger partial charge in [0.25, 0.3) is 5.91 Å². The maximum Gasteiger partial charge on any atom is 0.255 e. The summed E-state index contributed by atoms with van der Waals surface area (Å²) < 4.78 is 0.793. The van der Waals surface area contributed by atoms with E-state index in [-0.39, 0.29) is 5.91 Å². The predicted octanol–water partition coefficient (Wildman–Crippen LogP) is 4.06. The highest BCUT2D eigenvalue weighted by molar-refractivity contribution is 9.10. The molecule has 0 radical (unpaired) electrons. The summed E-state index contributed by atoms with van der Waals surface area (Å²) in [5, 5.41) is 3.34. The topological polar surface area (TPSA) is 42.0 Å². The van der Waals surface area contributed by atoms with E-state index in [4.69, 9.17) is 11.6 Å². The van der Waals surface area contributed by atoms with E-state index in [1.54, 1.807) is 36.5 Å². The van der Waals surface area contributed by atoms with Crippen LogP contribution >= 0.6 is 27.5 Å². The zero-order chi connectivity index (χ0) is 13.1. The lowest BCUT2D eigenvalue weighted by Crippen LogP contribution is -2.12. The van der Waals surface area contributed by atoms with Crippen molar-refractivity contribution in [3.8, 4) is 0 Å². The van der Waals surface area contributed by atoms with Crippen LogP contribution in [0.2, 0.25) is 5.02 Å². The van der Waals surface area contributed by atoms with Crippen LogP contribution in [0.15, 0.2) is 41.0 Å². The van der Waals surface area contributed by atoms with Gasteiger partial charge in [0.1, 0.15) is 0 Å². The molecule has 92 valence electrons. The number of rotatable bonds is 2. The van der Waals surface area contributed by atoms with Gasteiger partial charge < -0.3 is 5.32 Å². The van der Waals surface area contributed by atoms with E-state index in [1.807, 2.05) is 6.92 Å². The lowest BCUT2D eigenvalue weighted by atomic mass is 10.2. The number of hydrogen-bond acceptors (Lipinski definition) is 2. The highest BCUT2D eigenvalue weighted by Crippen LogP contribution is 2.25. The van der Waals surface area contributed by atoms with Crippen molar-refractivity contribution in [2.75, 3.05) is 5.32 Å². The van der Waals surface area contributed by atoms with Gasteiger partial charge in [-0.3, -0.25) is 9.78 Å². The zero-order valence-electron chi connectivity index (χ0n) is 9.58. The summed E-state index contributed by atoms with van der Waals surface area (Å²) in [6.45, 7) is 1.84. The number of halogens is 2. The van der Waals surface area contributed by atoms with Crippen molar-refractivity contribution < 1.29 is 4.79 Å². The molecule has 3 nitrogen and oxygen atoms in total. The first-order valence-electron chi connectivity index (χ1n) is 5.25. The second-order valence-electron chi connectivity index (χ2n) is 3.77. The van der Waals surface area contributed by atoms with Gasteiger partial charge in [-0.1, -0.05) is 11.6 Å². The van der Waals surface area contributed by atoms with Gasteiger partial charge in [0.2, 0.25) is 0 Å².